The molecule has 0 bridgehead atoms. The number of halogens is 5. The number of hydrogen-bond acceptors (Lipinski definition) is 3. The minimum absolute atomic E-state index is 0.108. The van der Waals surface area contributed by atoms with E-state index in [1.165, 1.54) is 6.07 Å². The van der Waals surface area contributed by atoms with E-state index in [2.05, 4.69) is 15.2 Å². The maximum absolute atomic E-state index is 12.9. The Morgan fingerprint density at radius 1 is 1.21 bits per heavy atom. The van der Waals surface area contributed by atoms with Crippen LogP contribution in [0.25, 0.3) is 16.7 Å². The molecule has 3 rings (SSSR count). The normalized spacial score (nSPS) is 12.5. The van der Waals surface area contributed by atoms with Gasteiger partial charge in [0.1, 0.15) is 5.52 Å². The summed E-state index contributed by atoms with van der Waals surface area (Å²) >= 11 is 7.85. The molecule has 0 spiro atoms. The molecule has 0 aliphatic heterocycles. The molecular weight excluding hydrogens is 395 g/mol. The minimum Gasteiger partial charge on any atom is -0.267 e. The third-order valence-corrected chi connectivity index (χ3v) is 3.64. The van der Waals surface area contributed by atoms with Gasteiger partial charge in [0.15, 0.2) is 10.8 Å². The Labute approximate surface area is 122 Å². The van der Waals surface area contributed by atoms with Crippen molar-refractivity contribution in [1.29, 1.82) is 0 Å². The van der Waals surface area contributed by atoms with Crippen LogP contribution in [0.4, 0.5) is 13.2 Å². The fourth-order valence-electron chi connectivity index (χ4n) is 1.77. The number of aromatic nitrogens is 4. The third-order valence-electron chi connectivity index (χ3n) is 2.52. The van der Waals surface area contributed by atoms with Crippen LogP contribution in [-0.4, -0.2) is 19.6 Å². The van der Waals surface area contributed by atoms with Crippen LogP contribution in [0.5, 0.6) is 0 Å². The zero-order valence-electron chi connectivity index (χ0n) is 8.91. The molecule has 1 aromatic carbocycles. The molecule has 0 amide bonds. The molecule has 3 aromatic rings. The van der Waals surface area contributed by atoms with Crippen molar-refractivity contribution >= 4 is 50.9 Å². The average molecular weight is 399 g/mol. The number of para-hydroxylation sites is 1. The molecule has 9 heteroatoms. The summed E-state index contributed by atoms with van der Waals surface area (Å²) in [7, 11) is 0. The van der Waals surface area contributed by atoms with Crippen molar-refractivity contribution in [3.8, 4) is 0 Å². The molecule has 0 aliphatic rings. The molecule has 0 atom stereocenters. The average Bonchev–Trinajstić information content (AvgIpc) is 2.76. The molecule has 0 aliphatic carbocycles. The molecule has 2 aromatic heterocycles. The highest BCUT2D eigenvalue weighted by atomic mass is 127. The molecule has 0 fully saturated rings. The van der Waals surface area contributed by atoms with Crippen molar-refractivity contribution in [2.45, 2.75) is 6.18 Å². The van der Waals surface area contributed by atoms with E-state index in [0.717, 1.165) is 4.40 Å². The van der Waals surface area contributed by atoms with Crippen LogP contribution >= 0.6 is 34.2 Å². The van der Waals surface area contributed by atoms with E-state index in [1.54, 1.807) is 12.1 Å². The highest BCUT2D eigenvalue weighted by Crippen LogP contribution is 2.32. The summed E-state index contributed by atoms with van der Waals surface area (Å²) in [4.78, 5) is 4.07. The highest BCUT2D eigenvalue weighted by molar-refractivity contribution is 14.1. The number of benzene rings is 1. The van der Waals surface area contributed by atoms with Crippen LogP contribution < -0.4 is 0 Å². The molecule has 0 unspecified atom stereocenters. The van der Waals surface area contributed by atoms with Gasteiger partial charge >= 0.3 is 6.18 Å². The smallest absolute Gasteiger partial charge is 0.267 e. The zero-order chi connectivity index (χ0) is 13.8. The van der Waals surface area contributed by atoms with Crippen LogP contribution in [0.15, 0.2) is 18.2 Å². The first-order valence-electron chi connectivity index (χ1n) is 4.95. The Bertz CT molecular complexity index is 799. The van der Waals surface area contributed by atoms with Crippen LogP contribution in [0.3, 0.4) is 0 Å². The second-order valence-electron chi connectivity index (χ2n) is 3.69. The molecule has 0 N–H and O–H groups in total. The topological polar surface area (TPSA) is 43.1 Å². The van der Waals surface area contributed by atoms with Crippen LogP contribution in [-0.2, 0) is 6.18 Å². The van der Waals surface area contributed by atoms with Crippen molar-refractivity contribution in [2.24, 2.45) is 0 Å². The Kier molecular flexibility index (Phi) is 2.82. The predicted octanol–water partition coefficient (Wildman–Crippen LogP) is 3.55. The van der Waals surface area contributed by atoms with Gasteiger partial charge in [-0.3, -0.25) is 4.40 Å². The van der Waals surface area contributed by atoms with Gasteiger partial charge in [-0.1, -0.05) is 17.7 Å². The first-order chi connectivity index (χ1) is 8.89. The van der Waals surface area contributed by atoms with Gasteiger partial charge in [0.25, 0.3) is 0 Å². The van der Waals surface area contributed by atoms with E-state index in [0.29, 0.717) is 9.09 Å². The number of hydrogen-bond donors (Lipinski definition) is 0. The van der Waals surface area contributed by atoms with E-state index in [-0.39, 0.29) is 16.3 Å². The van der Waals surface area contributed by atoms with Crippen molar-refractivity contribution in [3.05, 3.63) is 32.7 Å². The fraction of sp³-hybridized carbons (Fsp3) is 0.100. The molecule has 2 heterocycles. The van der Waals surface area contributed by atoms with Crippen LogP contribution in [0.1, 0.15) is 5.82 Å². The van der Waals surface area contributed by atoms with E-state index in [1.807, 2.05) is 22.6 Å². The SMILES string of the molecule is FC(F)(F)c1nnc2c(Cl)nc3c(I)cccc3n12. The summed E-state index contributed by atoms with van der Waals surface area (Å²) in [6.07, 6.45) is -4.61. The zero-order valence-corrected chi connectivity index (χ0v) is 11.8. The lowest BCUT2D eigenvalue weighted by atomic mass is 10.3. The van der Waals surface area contributed by atoms with Crippen molar-refractivity contribution in [1.82, 2.24) is 19.6 Å². The van der Waals surface area contributed by atoms with Gasteiger partial charge in [0.05, 0.1) is 5.52 Å². The number of nitrogens with zero attached hydrogens (tertiary/aromatic N) is 4. The Morgan fingerprint density at radius 2 is 1.95 bits per heavy atom. The van der Waals surface area contributed by atoms with Gasteiger partial charge in [0, 0.05) is 3.57 Å². The van der Waals surface area contributed by atoms with E-state index >= 15 is 0 Å². The summed E-state index contributed by atoms with van der Waals surface area (Å²) in [6, 6.07) is 4.89. The third kappa shape index (κ3) is 1.93. The first kappa shape index (κ1) is 12.9. The van der Waals surface area contributed by atoms with E-state index in [9.17, 15) is 13.2 Å². The highest BCUT2D eigenvalue weighted by Gasteiger charge is 2.38. The molecule has 4 nitrogen and oxygen atoms in total. The molecule has 0 saturated carbocycles. The second kappa shape index (κ2) is 4.17. The summed E-state index contributed by atoms with van der Waals surface area (Å²) in [5, 5.41) is 6.52. The lowest BCUT2D eigenvalue weighted by Gasteiger charge is -2.08. The predicted molar refractivity (Wildman–Crippen MR) is 71.0 cm³/mol. The van der Waals surface area contributed by atoms with Gasteiger partial charge in [-0.25, -0.2) is 4.98 Å². The van der Waals surface area contributed by atoms with E-state index in [4.69, 9.17) is 11.6 Å². The van der Waals surface area contributed by atoms with Crippen molar-refractivity contribution < 1.29 is 13.2 Å². The number of fused-ring (bicyclic) bond motifs is 3. The van der Waals surface area contributed by atoms with E-state index < -0.39 is 12.0 Å². The maximum atomic E-state index is 12.9. The summed E-state index contributed by atoms with van der Waals surface area (Å²) < 4.78 is 40.3. The fourth-order valence-corrected chi connectivity index (χ4v) is 2.58. The lowest BCUT2D eigenvalue weighted by molar-refractivity contribution is -0.145. The molecule has 0 saturated heterocycles. The number of rotatable bonds is 0. The minimum atomic E-state index is -4.61. The van der Waals surface area contributed by atoms with Crippen molar-refractivity contribution in [2.75, 3.05) is 0 Å². The first-order valence-corrected chi connectivity index (χ1v) is 6.41. The molecule has 98 valence electrons. The summed E-state index contributed by atoms with van der Waals surface area (Å²) in [5.74, 6) is -1.11. The summed E-state index contributed by atoms with van der Waals surface area (Å²) in [5.41, 5.74) is 0.540. The molecule has 19 heavy (non-hydrogen) atoms. The van der Waals surface area contributed by atoms with Crippen LogP contribution in [0.2, 0.25) is 5.15 Å². The van der Waals surface area contributed by atoms with Gasteiger partial charge in [-0.15, -0.1) is 10.2 Å². The van der Waals surface area contributed by atoms with Gasteiger partial charge in [-0.2, -0.15) is 13.2 Å². The Hall–Kier alpha value is -1.16. The van der Waals surface area contributed by atoms with Gasteiger partial charge in [0.2, 0.25) is 5.82 Å². The largest absolute Gasteiger partial charge is 0.452 e. The lowest BCUT2D eigenvalue weighted by Crippen LogP contribution is -2.11. The van der Waals surface area contributed by atoms with Gasteiger partial charge in [-0.05, 0) is 34.7 Å². The Morgan fingerprint density at radius 3 is 2.63 bits per heavy atom. The quantitative estimate of drug-likeness (QED) is 0.544. The summed E-state index contributed by atoms with van der Waals surface area (Å²) in [6.45, 7) is 0. The van der Waals surface area contributed by atoms with Crippen LogP contribution in [0, 0.1) is 3.57 Å². The molecular formula is C10H3ClF3IN4. The van der Waals surface area contributed by atoms with Gasteiger partial charge < -0.3 is 0 Å². The monoisotopic (exact) mass is 398 g/mol. The standard InChI is InChI=1S/C10H3ClF3IN4/c11-7-8-17-18-9(10(12,13)14)19(8)5-3-1-2-4(15)6(5)16-7/h1-3H. The Balaban J connectivity index is 2.58. The van der Waals surface area contributed by atoms with Crippen molar-refractivity contribution in [3.63, 3.8) is 0 Å². The number of alkyl halides is 3. The molecule has 0 radical (unpaired) electrons. The maximum Gasteiger partial charge on any atom is 0.452 e. The second-order valence-corrected chi connectivity index (χ2v) is 5.21.